The Morgan fingerprint density at radius 3 is 3.00 bits per heavy atom. The quantitative estimate of drug-likeness (QED) is 0.891. The van der Waals surface area contributed by atoms with E-state index in [1.54, 1.807) is 11.3 Å². The van der Waals surface area contributed by atoms with Crippen LogP contribution in [0.5, 0.6) is 0 Å². The van der Waals surface area contributed by atoms with Crippen molar-refractivity contribution in [2.75, 3.05) is 13.1 Å². The normalized spacial score (nSPS) is 30.7. The fraction of sp³-hybridized carbons (Fsp3) is 0.769. The van der Waals surface area contributed by atoms with Crippen LogP contribution in [0.2, 0.25) is 0 Å². The molecule has 1 aliphatic heterocycles. The number of rotatable bonds is 3. The third kappa shape index (κ3) is 2.69. The number of nitrogens with zero attached hydrogens (tertiary/aromatic N) is 2. The second-order valence-corrected chi connectivity index (χ2v) is 6.56. The molecule has 1 aromatic rings. The van der Waals surface area contributed by atoms with E-state index >= 15 is 0 Å². The molecule has 2 aliphatic rings. The van der Waals surface area contributed by atoms with E-state index in [1.165, 1.54) is 23.5 Å². The van der Waals surface area contributed by atoms with Crippen molar-refractivity contribution in [2.24, 2.45) is 5.92 Å². The van der Waals surface area contributed by atoms with Gasteiger partial charge < -0.3 is 5.32 Å². The largest absolute Gasteiger partial charge is 0.311 e. The van der Waals surface area contributed by atoms with Gasteiger partial charge in [-0.15, -0.1) is 11.3 Å². The number of aryl methyl sites for hydroxylation is 1. The summed E-state index contributed by atoms with van der Waals surface area (Å²) in [6.45, 7) is 7.74. The molecule has 94 valence electrons. The van der Waals surface area contributed by atoms with Crippen LogP contribution in [-0.4, -0.2) is 35.1 Å². The molecule has 1 aromatic heterocycles. The maximum Gasteiger partial charge on any atom is 0.0897 e. The van der Waals surface area contributed by atoms with E-state index in [4.69, 9.17) is 0 Å². The Morgan fingerprint density at radius 2 is 2.35 bits per heavy atom. The van der Waals surface area contributed by atoms with Crippen LogP contribution in [0.3, 0.4) is 0 Å². The molecule has 0 amide bonds. The first-order valence-corrected chi connectivity index (χ1v) is 7.49. The maximum absolute atomic E-state index is 4.60. The molecule has 2 unspecified atom stereocenters. The summed E-state index contributed by atoms with van der Waals surface area (Å²) in [6, 6.07) is 1.36. The Kier molecular flexibility index (Phi) is 3.19. The van der Waals surface area contributed by atoms with Gasteiger partial charge in [-0.25, -0.2) is 4.98 Å². The molecule has 0 aromatic carbocycles. The average Bonchev–Trinajstić information content (AvgIpc) is 3.04. The first kappa shape index (κ1) is 11.6. The number of thiazole rings is 1. The molecule has 1 aliphatic carbocycles. The molecule has 0 spiro atoms. The summed E-state index contributed by atoms with van der Waals surface area (Å²) in [5.74, 6) is 0.940. The lowest BCUT2D eigenvalue weighted by Gasteiger charge is -2.39. The smallest absolute Gasteiger partial charge is 0.0897 e. The highest BCUT2D eigenvalue weighted by molar-refractivity contribution is 7.09. The third-order valence-electron chi connectivity index (χ3n) is 3.85. The first-order valence-electron chi connectivity index (χ1n) is 6.61. The molecular weight excluding hydrogens is 230 g/mol. The minimum atomic E-state index is 0.615. The number of piperazine rings is 1. The Balaban J connectivity index is 1.69. The van der Waals surface area contributed by atoms with Crippen molar-refractivity contribution in [1.29, 1.82) is 0 Å². The van der Waals surface area contributed by atoms with Crippen molar-refractivity contribution in [1.82, 2.24) is 15.2 Å². The molecule has 1 N–H and O–H groups in total. The molecular formula is C13H21N3S. The van der Waals surface area contributed by atoms with E-state index in [-0.39, 0.29) is 0 Å². The van der Waals surface area contributed by atoms with Gasteiger partial charge >= 0.3 is 0 Å². The van der Waals surface area contributed by atoms with Crippen molar-refractivity contribution in [3.8, 4) is 0 Å². The molecule has 2 fully saturated rings. The zero-order valence-corrected chi connectivity index (χ0v) is 11.5. The summed E-state index contributed by atoms with van der Waals surface area (Å²) in [7, 11) is 0. The van der Waals surface area contributed by atoms with Gasteiger partial charge in [0.25, 0.3) is 0 Å². The van der Waals surface area contributed by atoms with Crippen LogP contribution < -0.4 is 5.32 Å². The van der Waals surface area contributed by atoms with Crippen LogP contribution in [-0.2, 0) is 6.54 Å². The maximum atomic E-state index is 4.60. The molecule has 1 saturated carbocycles. The highest BCUT2D eigenvalue weighted by atomic mass is 32.1. The Hall–Kier alpha value is -0.450. The minimum Gasteiger partial charge on any atom is -0.311 e. The summed E-state index contributed by atoms with van der Waals surface area (Å²) >= 11 is 1.77. The zero-order valence-electron chi connectivity index (χ0n) is 10.6. The molecule has 17 heavy (non-hydrogen) atoms. The number of hydrogen-bond acceptors (Lipinski definition) is 4. The monoisotopic (exact) mass is 251 g/mol. The van der Waals surface area contributed by atoms with Gasteiger partial charge in [-0.3, -0.25) is 4.90 Å². The molecule has 2 atom stereocenters. The van der Waals surface area contributed by atoms with E-state index in [0.717, 1.165) is 31.6 Å². The lowest BCUT2D eigenvalue weighted by atomic mass is 10.1. The second kappa shape index (κ2) is 4.67. The van der Waals surface area contributed by atoms with Crippen molar-refractivity contribution in [3.63, 3.8) is 0 Å². The average molecular weight is 251 g/mol. The first-order chi connectivity index (χ1) is 8.22. The van der Waals surface area contributed by atoms with Crippen LogP contribution in [0.25, 0.3) is 0 Å². The van der Waals surface area contributed by atoms with Gasteiger partial charge in [0.1, 0.15) is 0 Å². The third-order valence-corrected chi connectivity index (χ3v) is 4.67. The lowest BCUT2D eigenvalue weighted by molar-refractivity contribution is 0.111. The summed E-state index contributed by atoms with van der Waals surface area (Å²) in [5.41, 5.74) is 1.26. The highest BCUT2D eigenvalue weighted by Crippen LogP contribution is 2.36. The van der Waals surface area contributed by atoms with Crippen molar-refractivity contribution in [2.45, 2.75) is 45.3 Å². The van der Waals surface area contributed by atoms with Gasteiger partial charge in [-0.1, -0.05) is 0 Å². The van der Waals surface area contributed by atoms with Gasteiger partial charge in [0, 0.05) is 37.1 Å². The van der Waals surface area contributed by atoms with E-state index in [1.807, 2.05) is 0 Å². The standard InChI is InChI=1S/C13H21N3S/c1-9-6-16(7-12-8-17-10(2)15-12)13(5-14-9)11-3-4-11/h8-9,11,13-14H,3-7H2,1-2H3. The van der Waals surface area contributed by atoms with E-state index in [2.05, 4.69) is 34.4 Å². The van der Waals surface area contributed by atoms with Crippen molar-refractivity contribution >= 4 is 11.3 Å². The van der Waals surface area contributed by atoms with E-state index < -0.39 is 0 Å². The van der Waals surface area contributed by atoms with Crippen LogP contribution >= 0.6 is 11.3 Å². The number of aromatic nitrogens is 1. The fourth-order valence-corrected chi connectivity index (χ4v) is 3.42. The summed E-state index contributed by atoms with van der Waals surface area (Å²) in [5, 5.41) is 7.02. The lowest BCUT2D eigenvalue weighted by Crippen LogP contribution is -2.55. The molecule has 0 bridgehead atoms. The van der Waals surface area contributed by atoms with Crippen molar-refractivity contribution in [3.05, 3.63) is 16.1 Å². The summed E-state index contributed by atoms with van der Waals surface area (Å²) < 4.78 is 0. The Morgan fingerprint density at radius 1 is 1.53 bits per heavy atom. The van der Waals surface area contributed by atoms with Gasteiger partial charge in [0.15, 0.2) is 0 Å². The molecule has 3 rings (SSSR count). The zero-order chi connectivity index (χ0) is 11.8. The topological polar surface area (TPSA) is 28.2 Å². The minimum absolute atomic E-state index is 0.615. The van der Waals surface area contributed by atoms with E-state index in [9.17, 15) is 0 Å². The molecule has 3 nitrogen and oxygen atoms in total. The van der Waals surface area contributed by atoms with Gasteiger partial charge in [0.2, 0.25) is 0 Å². The predicted molar refractivity (Wildman–Crippen MR) is 71.2 cm³/mol. The predicted octanol–water partition coefficient (Wildman–Crippen LogP) is 2.02. The summed E-state index contributed by atoms with van der Waals surface area (Å²) in [6.07, 6.45) is 2.85. The Bertz CT molecular complexity index is 386. The van der Waals surface area contributed by atoms with Crippen LogP contribution in [0.15, 0.2) is 5.38 Å². The van der Waals surface area contributed by atoms with Gasteiger partial charge in [-0.05, 0) is 32.6 Å². The summed E-state index contributed by atoms with van der Waals surface area (Å²) in [4.78, 5) is 7.25. The molecule has 4 heteroatoms. The van der Waals surface area contributed by atoms with Crippen molar-refractivity contribution < 1.29 is 0 Å². The molecule has 2 heterocycles. The molecule has 1 saturated heterocycles. The van der Waals surface area contributed by atoms with Crippen LogP contribution in [0.4, 0.5) is 0 Å². The highest BCUT2D eigenvalue weighted by Gasteiger charge is 2.37. The second-order valence-electron chi connectivity index (χ2n) is 5.50. The van der Waals surface area contributed by atoms with Crippen LogP contribution in [0, 0.1) is 12.8 Å². The van der Waals surface area contributed by atoms with Gasteiger partial charge in [-0.2, -0.15) is 0 Å². The fourth-order valence-electron chi connectivity index (χ4n) is 2.82. The number of hydrogen-bond donors (Lipinski definition) is 1. The SMILES string of the molecule is Cc1nc(CN2CC(C)NCC2C2CC2)cs1. The van der Waals surface area contributed by atoms with Crippen LogP contribution in [0.1, 0.15) is 30.5 Å². The van der Waals surface area contributed by atoms with E-state index in [0.29, 0.717) is 6.04 Å². The molecule has 0 radical (unpaired) electrons. The number of nitrogens with one attached hydrogen (secondary N) is 1. The van der Waals surface area contributed by atoms with Gasteiger partial charge in [0.05, 0.1) is 10.7 Å². The Labute approximate surface area is 107 Å².